The van der Waals surface area contributed by atoms with Crippen LogP contribution in [0.3, 0.4) is 0 Å². The molecule has 0 radical (unpaired) electrons. The molecule has 0 N–H and O–H groups in total. The van der Waals surface area contributed by atoms with Crippen molar-refractivity contribution in [3.8, 4) is 0 Å². The van der Waals surface area contributed by atoms with Crippen molar-refractivity contribution >= 4 is 11.9 Å². The Bertz CT molecular complexity index is 308. The van der Waals surface area contributed by atoms with E-state index in [0.717, 1.165) is 0 Å². The third-order valence-corrected chi connectivity index (χ3v) is 3.43. The molecule has 1 aliphatic carbocycles. The summed E-state index contributed by atoms with van der Waals surface area (Å²) in [6.07, 6.45) is 1.25. The molecule has 3 aliphatic rings. The number of rotatable bonds is 6. The molecule has 0 aromatic rings. The van der Waals surface area contributed by atoms with Crippen LogP contribution in [0.15, 0.2) is 0 Å². The Morgan fingerprint density at radius 3 is 1.61 bits per heavy atom. The van der Waals surface area contributed by atoms with Crippen molar-refractivity contribution in [3.63, 3.8) is 0 Å². The monoisotopic (exact) mass is 256 g/mol. The Morgan fingerprint density at radius 1 is 0.889 bits per heavy atom. The van der Waals surface area contributed by atoms with Crippen LogP contribution in [0.1, 0.15) is 12.8 Å². The maximum atomic E-state index is 11.6. The van der Waals surface area contributed by atoms with Crippen LogP contribution in [0.5, 0.6) is 0 Å². The zero-order valence-corrected chi connectivity index (χ0v) is 10.0. The highest BCUT2D eigenvalue weighted by Gasteiger charge is 2.41. The van der Waals surface area contributed by atoms with Crippen LogP contribution in [0.2, 0.25) is 0 Å². The zero-order valence-electron chi connectivity index (χ0n) is 10.0. The molecule has 3 rings (SSSR count). The molecular weight excluding hydrogens is 240 g/mol. The van der Waals surface area contributed by atoms with E-state index in [1.54, 1.807) is 0 Å². The highest BCUT2D eigenvalue weighted by Crippen LogP contribution is 2.35. The van der Waals surface area contributed by atoms with Crippen LogP contribution in [0, 0.1) is 11.8 Å². The molecule has 0 amide bonds. The van der Waals surface area contributed by atoms with Crippen LogP contribution in [0.25, 0.3) is 0 Å². The van der Waals surface area contributed by atoms with E-state index in [1.165, 1.54) is 0 Å². The molecule has 3 fully saturated rings. The number of epoxide rings is 2. The largest absolute Gasteiger partial charge is 0.463 e. The van der Waals surface area contributed by atoms with E-state index in [0.29, 0.717) is 39.3 Å². The van der Waals surface area contributed by atoms with E-state index in [1.807, 2.05) is 0 Å². The van der Waals surface area contributed by atoms with Gasteiger partial charge in [0.15, 0.2) is 0 Å². The maximum absolute atomic E-state index is 11.6. The fourth-order valence-electron chi connectivity index (χ4n) is 1.92. The lowest BCUT2D eigenvalue weighted by molar-refractivity contribution is -0.162. The van der Waals surface area contributed by atoms with Gasteiger partial charge in [0.2, 0.25) is 0 Å². The number of hydrogen-bond donors (Lipinski definition) is 0. The van der Waals surface area contributed by atoms with E-state index in [4.69, 9.17) is 18.9 Å². The lowest BCUT2D eigenvalue weighted by Crippen LogP contribution is -2.37. The number of hydrogen-bond acceptors (Lipinski definition) is 6. The van der Waals surface area contributed by atoms with Crippen molar-refractivity contribution in [2.75, 3.05) is 26.4 Å². The normalized spacial score (nSPS) is 36.4. The summed E-state index contributed by atoms with van der Waals surface area (Å²) in [5, 5.41) is 0. The van der Waals surface area contributed by atoms with Gasteiger partial charge >= 0.3 is 11.9 Å². The van der Waals surface area contributed by atoms with Crippen LogP contribution >= 0.6 is 0 Å². The van der Waals surface area contributed by atoms with Gasteiger partial charge in [-0.15, -0.1) is 0 Å². The van der Waals surface area contributed by atoms with Crippen molar-refractivity contribution in [1.29, 1.82) is 0 Å². The summed E-state index contributed by atoms with van der Waals surface area (Å²) in [7, 11) is 0. The minimum atomic E-state index is -0.222. The molecule has 6 nitrogen and oxygen atoms in total. The zero-order chi connectivity index (χ0) is 12.5. The minimum Gasteiger partial charge on any atom is -0.463 e. The Morgan fingerprint density at radius 2 is 1.28 bits per heavy atom. The number of esters is 2. The van der Waals surface area contributed by atoms with Gasteiger partial charge < -0.3 is 18.9 Å². The fourth-order valence-corrected chi connectivity index (χ4v) is 1.92. The SMILES string of the molecule is O=C(OCC1CO1)C1CC(C(=O)OCC2CO2)C1. The van der Waals surface area contributed by atoms with Gasteiger partial charge in [0.1, 0.15) is 25.4 Å². The summed E-state index contributed by atoms with van der Waals surface area (Å²) in [4.78, 5) is 23.1. The average molecular weight is 256 g/mol. The van der Waals surface area contributed by atoms with Crippen molar-refractivity contribution in [3.05, 3.63) is 0 Å². The number of ether oxygens (including phenoxy) is 4. The summed E-state index contributed by atoms with van der Waals surface area (Å²) in [6, 6.07) is 0. The van der Waals surface area contributed by atoms with Crippen molar-refractivity contribution in [1.82, 2.24) is 0 Å². The van der Waals surface area contributed by atoms with Crippen LogP contribution in [0.4, 0.5) is 0 Å². The molecule has 2 unspecified atom stereocenters. The topological polar surface area (TPSA) is 77.7 Å². The lowest BCUT2D eigenvalue weighted by Gasteiger charge is -2.31. The predicted octanol–water partition coefficient (Wildman–Crippen LogP) is -0.103. The standard InChI is InChI=1S/C12H16O6/c13-11(17-5-9-3-15-9)7-1-8(2-7)12(14)18-6-10-4-16-10/h7-10H,1-6H2. The fraction of sp³-hybridized carbons (Fsp3) is 0.833. The van der Waals surface area contributed by atoms with Gasteiger partial charge in [0.25, 0.3) is 0 Å². The maximum Gasteiger partial charge on any atom is 0.309 e. The molecular formula is C12H16O6. The molecule has 0 aromatic carbocycles. The molecule has 2 atom stereocenters. The molecule has 0 bridgehead atoms. The van der Waals surface area contributed by atoms with Crippen LogP contribution in [-0.2, 0) is 28.5 Å². The first-order valence-corrected chi connectivity index (χ1v) is 6.29. The van der Waals surface area contributed by atoms with Gasteiger partial charge in [-0.05, 0) is 12.8 Å². The second-order valence-corrected chi connectivity index (χ2v) is 5.04. The van der Waals surface area contributed by atoms with E-state index in [2.05, 4.69) is 0 Å². The molecule has 100 valence electrons. The Balaban J connectivity index is 1.30. The smallest absolute Gasteiger partial charge is 0.309 e. The minimum absolute atomic E-state index is 0.0910. The number of carbonyl (C=O) groups is 2. The van der Waals surface area contributed by atoms with Gasteiger partial charge in [0.05, 0.1) is 25.0 Å². The quantitative estimate of drug-likeness (QED) is 0.487. The van der Waals surface area contributed by atoms with E-state index < -0.39 is 0 Å². The molecule has 2 saturated heterocycles. The summed E-state index contributed by atoms with van der Waals surface area (Å²) in [5.74, 6) is -0.753. The highest BCUT2D eigenvalue weighted by molar-refractivity contribution is 5.80. The highest BCUT2D eigenvalue weighted by atomic mass is 16.6. The van der Waals surface area contributed by atoms with Crippen LogP contribution in [-0.4, -0.2) is 50.6 Å². The lowest BCUT2D eigenvalue weighted by atomic mass is 9.75. The third kappa shape index (κ3) is 3.00. The molecule has 0 aromatic heterocycles. The molecule has 2 heterocycles. The second kappa shape index (κ2) is 4.85. The van der Waals surface area contributed by atoms with Crippen molar-refractivity contribution in [2.45, 2.75) is 25.0 Å². The summed E-state index contributed by atoms with van der Waals surface area (Å²) < 4.78 is 20.0. The van der Waals surface area contributed by atoms with Gasteiger partial charge in [-0.1, -0.05) is 0 Å². The first-order chi connectivity index (χ1) is 8.72. The third-order valence-electron chi connectivity index (χ3n) is 3.43. The van der Waals surface area contributed by atoms with E-state index >= 15 is 0 Å². The molecule has 6 heteroatoms. The van der Waals surface area contributed by atoms with Gasteiger partial charge in [0, 0.05) is 0 Å². The van der Waals surface area contributed by atoms with Crippen molar-refractivity contribution in [2.24, 2.45) is 11.8 Å². The van der Waals surface area contributed by atoms with E-state index in [9.17, 15) is 9.59 Å². The Hall–Kier alpha value is -1.14. The molecule has 2 aliphatic heterocycles. The second-order valence-electron chi connectivity index (χ2n) is 5.04. The summed E-state index contributed by atoms with van der Waals surface area (Å²) in [6.45, 7) is 2.03. The number of carbonyl (C=O) groups excluding carboxylic acids is 2. The summed E-state index contributed by atoms with van der Waals surface area (Å²) in [5.41, 5.74) is 0. The first-order valence-electron chi connectivity index (χ1n) is 6.29. The van der Waals surface area contributed by atoms with Crippen molar-refractivity contribution < 1.29 is 28.5 Å². The molecule has 18 heavy (non-hydrogen) atoms. The van der Waals surface area contributed by atoms with Gasteiger partial charge in [-0.2, -0.15) is 0 Å². The van der Waals surface area contributed by atoms with Gasteiger partial charge in [-0.3, -0.25) is 9.59 Å². The van der Waals surface area contributed by atoms with Crippen LogP contribution < -0.4 is 0 Å². The Kier molecular flexibility index (Phi) is 3.22. The molecule has 1 saturated carbocycles. The van der Waals surface area contributed by atoms with E-state index in [-0.39, 0.29) is 36.0 Å². The average Bonchev–Trinajstić information content (AvgIpc) is 3.13. The Labute approximate surface area is 105 Å². The van der Waals surface area contributed by atoms with Gasteiger partial charge in [-0.25, -0.2) is 0 Å². The predicted molar refractivity (Wildman–Crippen MR) is 57.6 cm³/mol. The summed E-state index contributed by atoms with van der Waals surface area (Å²) >= 11 is 0. The first kappa shape index (κ1) is 11.9. The molecule has 0 spiro atoms.